The van der Waals surface area contributed by atoms with Gasteiger partial charge in [0.25, 0.3) is 0 Å². The zero-order chi connectivity index (χ0) is 21.7. The van der Waals surface area contributed by atoms with Crippen LogP contribution >= 0.6 is 0 Å². The fourth-order valence-corrected chi connectivity index (χ4v) is 4.27. The number of rotatable bonds is 3. The third-order valence-corrected chi connectivity index (χ3v) is 5.85. The Morgan fingerprint density at radius 3 is 2.59 bits per heavy atom. The maximum atomic E-state index is 13.4. The highest BCUT2D eigenvalue weighted by molar-refractivity contribution is 6.15. The van der Waals surface area contributed by atoms with E-state index in [1.807, 2.05) is 79.7 Å². The lowest BCUT2D eigenvalue weighted by Crippen LogP contribution is -2.08. The summed E-state index contributed by atoms with van der Waals surface area (Å²) in [6.45, 7) is 2.50. The molecule has 0 radical (unpaired) electrons. The predicted molar refractivity (Wildman–Crippen MR) is 124 cm³/mol. The van der Waals surface area contributed by atoms with E-state index in [1.54, 1.807) is 12.1 Å². The molecule has 0 unspecified atom stereocenters. The van der Waals surface area contributed by atoms with Gasteiger partial charge in [0.05, 0.1) is 17.0 Å². The van der Waals surface area contributed by atoms with Crippen LogP contribution in [-0.2, 0) is 6.61 Å². The Hall–Kier alpha value is -4.18. The maximum absolute atomic E-state index is 13.4. The van der Waals surface area contributed by atoms with Crippen LogP contribution in [0.2, 0.25) is 0 Å². The van der Waals surface area contributed by atoms with Gasteiger partial charge in [-0.2, -0.15) is 0 Å². The summed E-state index contributed by atoms with van der Waals surface area (Å²) in [5.41, 5.74) is 6.64. The van der Waals surface area contributed by atoms with Gasteiger partial charge in [0, 0.05) is 22.1 Å². The minimum absolute atomic E-state index is 0.155. The molecule has 0 saturated carbocycles. The molecule has 4 heteroatoms. The number of pyridine rings is 1. The third-order valence-electron chi connectivity index (χ3n) is 5.85. The summed E-state index contributed by atoms with van der Waals surface area (Å²) < 4.78 is 12.0. The number of benzene rings is 3. The molecule has 0 spiro atoms. The Morgan fingerprint density at radius 1 is 0.906 bits per heavy atom. The fraction of sp³-hybridized carbons (Fsp3) is 0.0714. The van der Waals surface area contributed by atoms with E-state index >= 15 is 0 Å². The van der Waals surface area contributed by atoms with Gasteiger partial charge in [-0.25, -0.2) is 4.98 Å². The van der Waals surface area contributed by atoms with Gasteiger partial charge in [-0.3, -0.25) is 4.79 Å². The van der Waals surface area contributed by atoms with E-state index in [4.69, 9.17) is 14.1 Å². The highest BCUT2D eigenvalue weighted by Crippen LogP contribution is 2.40. The highest BCUT2D eigenvalue weighted by atomic mass is 16.5. The van der Waals surface area contributed by atoms with Crippen LogP contribution in [0.5, 0.6) is 5.75 Å². The standard InChI is InChI=1S/C28H19NO3/c1-17-11-14-24-21(15-17)25(28(32-24)27(30)18-7-3-2-4-8-18)22-13-12-19-16-31-23-10-6-5-9-20(23)26(19)29-22/h2-15H,16H2,1H3. The molecule has 0 fully saturated rings. The highest BCUT2D eigenvalue weighted by Gasteiger charge is 2.26. The molecule has 0 saturated heterocycles. The Kier molecular flexibility index (Phi) is 4.18. The molecule has 0 N–H and O–H groups in total. The first-order valence-corrected chi connectivity index (χ1v) is 10.5. The molecule has 0 bridgehead atoms. The van der Waals surface area contributed by atoms with Gasteiger partial charge in [0.2, 0.25) is 5.78 Å². The fourth-order valence-electron chi connectivity index (χ4n) is 4.27. The van der Waals surface area contributed by atoms with Crippen molar-refractivity contribution in [1.29, 1.82) is 0 Å². The summed E-state index contributed by atoms with van der Waals surface area (Å²) in [5.74, 6) is 0.973. The van der Waals surface area contributed by atoms with E-state index in [1.165, 1.54) is 0 Å². The van der Waals surface area contributed by atoms with Crippen molar-refractivity contribution < 1.29 is 13.9 Å². The molecule has 3 aromatic carbocycles. The molecule has 2 aromatic heterocycles. The number of carbonyl (C=O) groups is 1. The number of aromatic nitrogens is 1. The van der Waals surface area contributed by atoms with Gasteiger partial charge >= 0.3 is 0 Å². The molecule has 0 atom stereocenters. The molecule has 0 amide bonds. The van der Waals surface area contributed by atoms with Crippen molar-refractivity contribution in [2.45, 2.75) is 13.5 Å². The maximum Gasteiger partial charge on any atom is 0.228 e. The number of hydrogen-bond acceptors (Lipinski definition) is 4. The smallest absolute Gasteiger partial charge is 0.228 e. The molecular weight excluding hydrogens is 398 g/mol. The SMILES string of the molecule is Cc1ccc2oc(C(=O)c3ccccc3)c(-c3ccc4c(n3)-c3ccccc3OC4)c2c1. The zero-order valence-corrected chi connectivity index (χ0v) is 17.5. The van der Waals surface area contributed by atoms with Crippen molar-refractivity contribution >= 4 is 16.8 Å². The Labute approximate surface area is 185 Å². The molecular formula is C28H19NO3. The number of fused-ring (bicyclic) bond motifs is 4. The molecule has 1 aliphatic rings. The lowest BCUT2D eigenvalue weighted by Gasteiger charge is -2.20. The second kappa shape index (κ2) is 7.20. The van der Waals surface area contributed by atoms with Crippen LogP contribution in [0.4, 0.5) is 0 Å². The number of nitrogens with zero attached hydrogens (tertiary/aromatic N) is 1. The van der Waals surface area contributed by atoms with Crippen molar-refractivity contribution in [3.63, 3.8) is 0 Å². The Bertz CT molecular complexity index is 1500. The largest absolute Gasteiger partial charge is 0.488 e. The first-order chi connectivity index (χ1) is 15.7. The molecule has 32 heavy (non-hydrogen) atoms. The lowest BCUT2D eigenvalue weighted by atomic mass is 9.97. The van der Waals surface area contributed by atoms with Crippen molar-refractivity contribution in [2.24, 2.45) is 0 Å². The molecule has 0 aliphatic carbocycles. The van der Waals surface area contributed by atoms with Crippen LogP contribution < -0.4 is 4.74 Å². The minimum Gasteiger partial charge on any atom is -0.488 e. The van der Waals surface area contributed by atoms with Gasteiger partial charge in [-0.1, -0.05) is 60.2 Å². The first kappa shape index (κ1) is 18.6. The number of furan rings is 1. The van der Waals surface area contributed by atoms with Crippen LogP contribution in [0.3, 0.4) is 0 Å². The summed E-state index contributed by atoms with van der Waals surface area (Å²) >= 11 is 0. The number of para-hydroxylation sites is 1. The van der Waals surface area contributed by atoms with Gasteiger partial charge in [-0.15, -0.1) is 0 Å². The van der Waals surface area contributed by atoms with Crippen LogP contribution in [-0.4, -0.2) is 10.8 Å². The molecule has 6 rings (SSSR count). The number of ketones is 1. The number of aryl methyl sites for hydroxylation is 1. The summed E-state index contributed by atoms with van der Waals surface area (Å²) in [4.78, 5) is 18.5. The van der Waals surface area contributed by atoms with Crippen LogP contribution in [0.1, 0.15) is 27.2 Å². The minimum atomic E-state index is -0.155. The summed E-state index contributed by atoms with van der Waals surface area (Å²) in [5, 5.41) is 0.886. The summed E-state index contributed by atoms with van der Waals surface area (Å²) in [6.07, 6.45) is 0. The van der Waals surface area contributed by atoms with E-state index in [2.05, 4.69) is 0 Å². The topological polar surface area (TPSA) is 52.3 Å². The van der Waals surface area contributed by atoms with E-state index in [0.717, 1.165) is 39.1 Å². The second-order valence-corrected chi connectivity index (χ2v) is 7.99. The zero-order valence-electron chi connectivity index (χ0n) is 17.5. The van der Waals surface area contributed by atoms with Crippen LogP contribution in [0, 0.1) is 6.92 Å². The van der Waals surface area contributed by atoms with Gasteiger partial charge in [-0.05, 0) is 37.3 Å². The van der Waals surface area contributed by atoms with Gasteiger partial charge < -0.3 is 9.15 Å². The first-order valence-electron chi connectivity index (χ1n) is 10.5. The predicted octanol–water partition coefficient (Wildman–Crippen LogP) is 6.59. The van der Waals surface area contributed by atoms with E-state index in [0.29, 0.717) is 29.2 Å². The Morgan fingerprint density at radius 2 is 1.72 bits per heavy atom. The molecule has 4 nitrogen and oxygen atoms in total. The Balaban J connectivity index is 1.60. The van der Waals surface area contributed by atoms with Crippen molar-refractivity contribution in [3.8, 4) is 28.3 Å². The molecule has 5 aromatic rings. The molecule has 3 heterocycles. The van der Waals surface area contributed by atoms with Gasteiger partial charge in [0.1, 0.15) is 17.9 Å². The summed E-state index contributed by atoms with van der Waals surface area (Å²) in [7, 11) is 0. The molecule has 154 valence electrons. The number of hydrogen-bond donors (Lipinski definition) is 0. The van der Waals surface area contributed by atoms with E-state index < -0.39 is 0 Å². The van der Waals surface area contributed by atoms with E-state index in [9.17, 15) is 4.79 Å². The average Bonchev–Trinajstić information content (AvgIpc) is 3.22. The summed E-state index contributed by atoms with van der Waals surface area (Å²) in [6, 6.07) is 27.0. The monoisotopic (exact) mass is 417 g/mol. The lowest BCUT2D eigenvalue weighted by molar-refractivity contribution is 0.101. The van der Waals surface area contributed by atoms with Crippen LogP contribution in [0.15, 0.2) is 89.3 Å². The van der Waals surface area contributed by atoms with Crippen molar-refractivity contribution in [1.82, 2.24) is 4.98 Å². The second-order valence-electron chi connectivity index (χ2n) is 7.99. The third kappa shape index (κ3) is 2.92. The van der Waals surface area contributed by atoms with Crippen molar-refractivity contribution in [3.05, 3.63) is 107 Å². The average molecular weight is 417 g/mol. The quantitative estimate of drug-likeness (QED) is 0.311. The van der Waals surface area contributed by atoms with Crippen LogP contribution in [0.25, 0.3) is 33.5 Å². The van der Waals surface area contributed by atoms with Gasteiger partial charge in [0.15, 0.2) is 5.76 Å². The number of ether oxygens (including phenoxy) is 1. The molecule has 1 aliphatic heterocycles. The number of carbonyl (C=O) groups excluding carboxylic acids is 1. The van der Waals surface area contributed by atoms with Crippen molar-refractivity contribution in [2.75, 3.05) is 0 Å². The normalized spacial score (nSPS) is 12.2. The van der Waals surface area contributed by atoms with E-state index in [-0.39, 0.29) is 5.78 Å².